The van der Waals surface area contributed by atoms with E-state index < -0.39 is 6.10 Å². The lowest BCUT2D eigenvalue weighted by Gasteiger charge is -2.38. The average Bonchev–Trinajstić information content (AvgIpc) is 2.28. The molecule has 0 aromatic carbocycles. The fourth-order valence-corrected chi connectivity index (χ4v) is 1.56. The Morgan fingerprint density at radius 2 is 1.81 bits per heavy atom. The van der Waals surface area contributed by atoms with Crippen LogP contribution in [0.5, 0.6) is 0 Å². The van der Waals surface area contributed by atoms with Gasteiger partial charge < -0.3 is 10.0 Å². The number of aliphatic hydroxyl groups is 1. The van der Waals surface area contributed by atoms with Crippen LogP contribution in [0.4, 0.5) is 0 Å². The van der Waals surface area contributed by atoms with Gasteiger partial charge in [-0.3, -0.25) is 4.79 Å². The van der Waals surface area contributed by atoms with Gasteiger partial charge in [-0.15, -0.1) is 0 Å². The van der Waals surface area contributed by atoms with Gasteiger partial charge in [0.15, 0.2) is 0 Å². The van der Waals surface area contributed by atoms with Crippen molar-refractivity contribution < 1.29 is 9.90 Å². The van der Waals surface area contributed by atoms with Gasteiger partial charge in [-0.25, -0.2) is 0 Å². The third-order valence-corrected chi connectivity index (χ3v) is 2.13. The monoisotopic (exact) mass is 229 g/mol. The highest BCUT2D eigenvalue weighted by molar-refractivity contribution is 5.82. The Bertz CT molecular complexity index is 212. The molecule has 0 aromatic rings. The number of hydrogen-bond acceptors (Lipinski definition) is 2. The SMILES string of the molecule is C=CN1CC(C)(C)CC(O)C1=O.CC.CC. The molecule has 1 atom stereocenters. The standard InChI is InChI=1S/C9H15NO2.2C2H6/c1-4-10-6-9(2,3)5-7(11)8(10)12;2*1-2/h4,7,11H,1,5-6H2,2-3H3;2*1-2H3. The largest absolute Gasteiger partial charge is 0.383 e. The molecule has 96 valence electrons. The highest BCUT2D eigenvalue weighted by Crippen LogP contribution is 2.29. The minimum absolute atomic E-state index is 0.0124. The second-order valence-electron chi connectivity index (χ2n) is 4.03. The van der Waals surface area contributed by atoms with Crippen molar-refractivity contribution in [3.63, 3.8) is 0 Å². The summed E-state index contributed by atoms with van der Waals surface area (Å²) < 4.78 is 0. The van der Waals surface area contributed by atoms with E-state index in [1.165, 1.54) is 11.1 Å². The van der Waals surface area contributed by atoms with Gasteiger partial charge in [0.1, 0.15) is 6.10 Å². The Morgan fingerprint density at radius 1 is 1.38 bits per heavy atom. The first-order chi connectivity index (χ1) is 7.46. The molecule has 0 aliphatic carbocycles. The number of carbonyl (C=O) groups is 1. The van der Waals surface area contributed by atoms with Crippen molar-refractivity contribution in [1.82, 2.24) is 4.90 Å². The summed E-state index contributed by atoms with van der Waals surface area (Å²) >= 11 is 0. The number of aliphatic hydroxyl groups excluding tert-OH is 1. The second-order valence-corrected chi connectivity index (χ2v) is 4.03. The summed E-state index contributed by atoms with van der Waals surface area (Å²) in [5.74, 6) is -0.232. The molecule has 1 aliphatic rings. The Hall–Kier alpha value is -0.830. The van der Waals surface area contributed by atoms with Gasteiger partial charge in [0.2, 0.25) is 0 Å². The van der Waals surface area contributed by atoms with Crippen molar-refractivity contribution in [2.75, 3.05) is 6.54 Å². The first-order valence-electron chi connectivity index (χ1n) is 6.07. The normalized spacial score (nSPS) is 22.3. The van der Waals surface area contributed by atoms with Crippen molar-refractivity contribution in [2.24, 2.45) is 5.41 Å². The van der Waals surface area contributed by atoms with Crippen molar-refractivity contribution in [3.8, 4) is 0 Å². The van der Waals surface area contributed by atoms with Crippen LogP contribution in [0.3, 0.4) is 0 Å². The van der Waals surface area contributed by atoms with Crippen LogP contribution in [0.25, 0.3) is 0 Å². The molecule has 0 saturated carbocycles. The van der Waals surface area contributed by atoms with E-state index in [0.717, 1.165) is 0 Å². The fourth-order valence-electron chi connectivity index (χ4n) is 1.56. The molecular formula is C13H27NO2. The molecule has 1 amide bonds. The molecule has 0 radical (unpaired) electrons. The molecule has 1 heterocycles. The zero-order chi connectivity index (χ0) is 13.4. The number of nitrogens with zero attached hydrogens (tertiary/aromatic N) is 1. The lowest BCUT2D eigenvalue weighted by atomic mass is 9.82. The lowest BCUT2D eigenvalue weighted by molar-refractivity contribution is -0.145. The van der Waals surface area contributed by atoms with Crippen LogP contribution in [0.15, 0.2) is 12.8 Å². The molecular weight excluding hydrogens is 202 g/mol. The van der Waals surface area contributed by atoms with Crippen molar-refractivity contribution >= 4 is 5.91 Å². The number of likely N-dealkylation sites (tertiary alicyclic amines) is 1. The molecule has 16 heavy (non-hydrogen) atoms. The summed E-state index contributed by atoms with van der Waals surface area (Å²) in [6.45, 7) is 16.2. The van der Waals surface area contributed by atoms with Gasteiger partial charge in [-0.2, -0.15) is 0 Å². The third kappa shape index (κ3) is 5.31. The zero-order valence-electron chi connectivity index (χ0n) is 11.6. The molecule has 1 N–H and O–H groups in total. The van der Waals surface area contributed by atoms with Gasteiger partial charge in [-0.1, -0.05) is 48.1 Å². The summed E-state index contributed by atoms with van der Waals surface area (Å²) in [4.78, 5) is 12.7. The number of carbonyl (C=O) groups excluding carboxylic acids is 1. The van der Waals surface area contributed by atoms with E-state index in [9.17, 15) is 9.90 Å². The molecule has 0 aromatic heterocycles. The molecule has 3 nitrogen and oxygen atoms in total. The third-order valence-electron chi connectivity index (χ3n) is 2.13. The van der Waals surface area contributed by atoms with Gasteiger partial charge in [-0.05, 0) is 18.0 Å². The number of piperidine rings is 1. The first kappa shape index (κ1) is 17.6. The van der Waals surface area contributed by atoms with Gasteiger partial charge in [0.25, 0.3) is 5.91 Å². The van der Waals surface area contributed by atoms with E-state index in [1.54, 1.807) is 0 Å². The Balaban J connectivity index is 0. The summed E-state index contributed by atoms with van der Waals surface area (Å²) in [6, 6.07) is 0. The van der Waals surface area contributed by atoms with Gasteiger partial charge in [0.05, 0.1) is 0 Å². The molecule has 1 fully saturated rings. The Kier molecular flexibility index (Phi) is 9.15. The quantitative estimate of drug-likeness (QED) is 0.751. The average molecular weight is 229 g/mol. The number of amides is 1. The molecule has 3 heteroatoms. The molecule has 0 spiro atoms. The lowest BCUT2D eigenvalue weighted by Crippen LogP contribution is -2.48. The summed E-state index contributed by atoms with van der Waals surface area (Å²) in [7, 11) is 0. The maximum atomic E-state index is 11.2. The van der Waals surface area contributed by atoms with E-state index in [4.69, 9.17) is 0 Å². The molecule has 1 saturated heterocycles. The summed E-state index contributed by atoms with van der Waals surface area (Å²) in [5, 5.41) is 9.38. The summed E-state index contributed by atoms with van der Waals surface area (Å²) in [5.41, 5.74) is -0.0124. The smallest absolute Gasteiger partial charge is 0.255 e. The Labute approximate surface area is 100 Å². The number of hydrogen-bond donors (Lipinski definition) is 1. The summed E-state index contributed by atoms with van der Waals surface area (Å²) in [6.07, 6.45) is 1.16. The minimum Gasteiger partial charge on any atom is -0.383 e. The van der Waals surface area contributed by atoms with Crippen LogP contribution in [0.1, 0.15) is 48.0 Å². The van der Waals surface area contributed by atoms with Gasteiger partial charge in [0, 0.05) is 6.54 Å². The van der Waals surface area contributed by atoms with E-state index in [-0.39, 0.29) is 11.3 Å². The highest BCUT2D eigenvalue weighted by atomic mass is 16.3. The molecule has 1 unspecified atom stereocenters. The predicted octanol–water partition coefficient (Wildman–Crippen LogP) is 2.80. The molecule has 0 bridgehead atoms. The zero-order valence-corrected chi connectivity index (χ0v) is 11.6. The van der Waals surface area contributed by atoms with Crippen molar-refractivity contribution in [2.45, 2.75) is 54.1 Å². The van der Waals surface area contributed by atoms with Crippen molar-refractivity contribution in [3.05, 3.63) is 12.8 Å². The van der Waals surface area contributed by atoms with Crippen LogP contribution >= 0.6 is 0 Å². The fraction of sp³-hybridized carbons (Fsp3) is 0.769. The van der Waals surface area contributed by atoms with Crippen LogP contribution in [-0.4, -0.2) is 28.6 Å². The molecule has 1 rings (SSSR count). The van der Waals surface area contributed by atoms with E-state index in [0.29, 0.717) is 13.0 Å². The first-order valence-corrected chi connectivity index (χ1v) is 6.07. The van der Waals surface area contributed by atoms with Crippen molar-refractivity contribution in [1.29, 1.82) is 0 Å². The minimum atomic E-state index is -0.855. The maximum Gasteiger partial charge on any atom is 0.255 e. The van der Waals surface area contributed by atoms with Crippen LogP contribution in [0, 0.1) is 5.41 Å². The second kappa shape index (κ2) is 8.34. The van der Waals surface area contributed by atoms with Gasteiger partial charge >= 0.3 is 0 Å². The van der Waals surface area contributed by atoms with E-state index in [2.05, 4.69) is 6.58 Å². The Morgan fingerprint density at radius 3 is 2.19 bits per heavy atom. The van der Waals surface area contributed by atoms with Crippen LogP contribution < -0.4 is 0 Å². The van der Waals surface area contributed by atoms with Crippen LogP contribution in [-0.2, 0) is 4.79 Å². The van der Waals surface area contributed by atoms with Crippen LogP contribution in [0.2, 0.25) is 0 Å². The topological polar surface area (TPSA) is 40.5 Å². The van der Waals surface area contributed by atoms with E-state index >= 15 is 0 Å². The van der Waals surface area contributed by atoms with E-state index in [1.807, 2.05) is 41.5 Å². The maximum absolute atomic E-state index is 11.2. The highest BCUT2D eigenvalue weighted by Gasteiger charge is 2.36. The number of rotatable bonds is 1. The molecule has 1 aliphatic heterocycles. The predicted molar refractivity (Wildman–Crippen MR) is 69.0 cm³/mol.